The molecule has 0 amide bonds. The molecule has 0 atom stereocenters. The quantitative estimate of drug-likeness (QED) is 0.383. The fourth-order valence-electron chi connectivity index (χ4n) is 3.47. The van der Waals surface area contributed by atoms with E-state index in [0.29, 0.717) is 16.9 Å². The number of fused-ring (bicyclic) bond motifs is 1. The van der Waals surface area contributed by atoms with Crippen LogP contribution in [0.2, 0.25) is 0 Å². The molecule has 0 radical (unpaired) electrons. The summed E-state index contributed by atoms with van der Waals surface area (Å²) in [5.74, 6) is -1.80. The Morgan fingerprint density at radius 1 is 1.06 bits per heavy atom. The highest BCUT2D eigenvalue weighted by atomic mass is 32.2. The first-order chi connectivity index (χ1) is 16.5. The van der Waals surface area contributed by atoms with Gasteiger partial charge >= 0.3 is 6.36 Å². The Morgan fingerprint density at radius 2 is 1.71 bits per heavy atom. The summed E-state index contributed by atoms with van der Waals surface area (Å²) >= 11 is 0. The van der Waals surface area contributed by atoms with E-state index in [-0.39, 0.29) is 22.8 Å². The Labute approximate surface area is 197 Å². The Kier molecular flexibility index (Phi) is 6.15. The zero-order valence-corrected chi connectivity index (χ0v) is 18.9. The van der Waals surface area contributed by atoms with Crippen LogP contribution >= 0.6 is 0 Å². The molecule has 0 saturated heterocycles. The molecule has 0 spiro atoms. The summed E-state index contributed by atoms with van der Waals surface area (Å²) < 4.78 is 71.3. The van der Waals surface area contributed by atoms with E-state index in [2.05, 4.69) is 9.72 Å². The minimum absolute atomic E-state index is 0.107. The molecule has 2 aromatic carbocycles. The number of aryl methyl sites for hydroxylation is 1. The van der Waals surface area contributed by atoms with Gasteiger partial charge < -0.3 is 19.0 Å². The monoisotopic (exact) mass is 504 g/mol. The number of halogens is 3. The van der Waals surface area contributed by atoms with E-state index in [0.717, 1.165) is 40.7 Å². The number of alkyl halides is 3. The van der Waals surface area contributed by atoms with Crippen LogP contribution in [0.15, 0.2) is 77.8 Å². The van der Waals surface area contributed by atoms with Crippen molar-refractivity contribution in [2.75, 3.05) is 4.31 Å². The van der Waals surface area contributed by atoms with Gasteiger partial charge in [0.05, 0.1) is 23.1 Å². The van der Waals surface area contributed by atoms with Gasteiger partial charge in [0.15, 0.2) is 5.82 Å². The predicted molar refractivity (Wildman–Crippen MR) is 117 cm³/mol. The van der Waals surface area contributed by atoms with Gasteiger partial charge in [-0.3, -0.25) is 0 Å². The van der Waals surface area contributed by atoms with Gasteiger partial charge in [-0.15, -0.1) is 13.2 Å². The molecule has 0 fully saturated rings. The summed E-state index contributed by atoms with van der Waals surface area (Å²) in [6.45, 7) is 1.42. The van der Waals surface area contributed by atoms with Crippen molar-refractivity contribution in [2.45, 2.75) is 24.7 Å². The number of aromatic nitrogens is 2. The highest BCUT2D eigenvalue weighted by Crippen LogP contribution is 2.30. The molecule has 12 heteroatoms. The first-order valence-electron chi connectivity index (χ1n) is 10.1. The number of hydrogen-bond donors (Lipinski definition) is 0. The second kappa shape index (κ2) is 8.95. The Morgan fingerprint density at radius 3 is 2.29 bits per heavy atom. The van der Waals surface area contributed by atoms with E-state index >= 15 is 0 Å². The summed E-state index contributed by atoms with van der Waals surface area (Å²) in [5, 5.41) is 11.1. The van der Waals surface area contributed by atoms with Crippen molar-refractivity contribution >= 4 is 27.5 Å². The number of benzene rings is 2. The number of carbonyl (C=O) groups excluding carboxylic acids is 1. The Hall–Kier alpha value is -4.06. The molecule has 0 N–H and O–H groups in total. The van der Waals surface area contributed by atoms with Crippen LogP contribution in [0, 0.1) is 6.92 Å². The third-order valence-corrected chi connectivity index (χ3v) is 6.89. The van der Waals surface area contributed by atoms with Gasteiger partial charge in [-0.1, -0.05) is 30.3 Å². The maximum absolute atomic E-state index is 13.6. The second-order valence-corrected chi connectivity index (χ2v) is 9.33. The highest BCUT2D eigenvalue weighted by Gasteiger charge is 2.32. The lowest BCUT2D eigenvalue weighted by atomic mass is 10.2. The number of aromatic carboxylic acids is 1. The van der Waals surface area contributed by atoms with Crippen LogP contribution in [-0.4, -0.2) is 30.1 Å². The molecule has 0 aliphatic carbocycles. The average Bonchev–Trinajstić information content (AvgIpc) is 3.13. The second-order valence-electron chi connectivity index (χ2n) is 7.46. The number of hydrogen-bond acceptors (Lipinski definition) is 6. The van der Waals surface area contributed by atoms with E-state index < -0.39 is 28.1 Å². The molecular weight excluding hydrogens is 487 g/mol. The molecule has 35 heavy (non-hydrogen) atoms. The van der Waals surface area contributed by atoms with Gasteiger partial charge in [0.25, 0.3) is 10.0 Å². The van der Waals surface area contributed by atoms with E-state index in [1.807, 2.05) is 0 Å². The van der Waals surface area contributed by atoms with Crippen LogP contribution in [-0.2, 0) is 16.6 Å². The molecule has 4 aromatic rings. The molecule has 0 saturated carbocycles. The lowest BCUT2D eigenvalue weighted by Gasteiger charge is -2.23. The van der Waals surface area contributed by atoms with E-state index in [1.54, 1.807) is 35.7 Å². The van der Waals surface area contributed by atoms with Crippen molar-refractivity contribution < 1.29 is 36.2 Å². The number of carboxylic acid groups (broad SMARTS) is 1. The zero-order chi connectivity index (χ0) is 25.4. The number of anilines is 1. The molecule has 182 valence electrons. The van der Waals surface area contributed by atoms with Crippen LogP contribution in [0.1, 0.15) is 21.6 Å². The molecule has 0 bridgehead atoms. The normalized spacial score (nSPS) is 12.0. The summed E-state index contributed by atoms with van der Waals surface area (Å²) in [5.41, 5.74) is 1.17. The fourth-order valence-corrected chi connectivity index (χ4v) is 4.92. The van der Waals surface area contributed by atoms with Crippen molar-refractivity contribution in [3.63, 3.8) is 0 Å². The smallest absolute Gasteiger partial charge is 0.545 e. The van der Waals surface area contributed by atoms with E-state index in [4.69, 9.17) is 0 Å². The lowest BCUT2D eigenvalue weighted by molar-refractivity contribution is -0.274. The Balaban J connectivity index is 1.77. The summed E-state index contributed by atoms with van der Waals surface area (Å²) in [4.78, 5) is 15.3. The van der Waals surface area contributed by atoms with E-state index in [1.165, 1.54) is 12.1 Å². The third kappa shape index (κ3) is 5.06. The number of carbonyl (C=O) groups is 1. The van der Waals surface area contributed by atoms with Crippen molar-refractivity contribution in [3.8, 4) is 5.75 Å². The fraction of sp³-hybridized carbons (Fsp3) is 0.130. The molecule has 2 heterocycles. The van der Waals surface area contributed by atoms with Crippen molar-refractivity contribution in [2.24, 2.45) is 0 Å². The minimum Gasteiger partial charge on any atom is -0.545 e. The Bertz CT molecular complexity index is 1480. The SMILES string of the molecule is Cc1c(N(Cc2ccc(OC(F)(F)F)cc2)S(=O)(=O)c2ccc(C(=O)[O-])cc2)nc2ccccn12. The van der Waals surface area contributed by atoms with Crippen LogP contribution < -0.4 is 14.1 Å². The summed E-state index contributed by atoms with van der Waals surface area (Å²) in [6.07, 6.45) is -3.15. The number of ether oxygens (including phenoxy) is 1. The van der Waals surface area contributed by atoms with Crippen molar-refractivity contribution in [3.05, 3.63) is 89.7 Å². The van der Waals surface area contributed by atoms with Gasteiger partial charge in [-0.25, -0.2) is 17.7 Å². The van der Waals surface area contributed by atoms with Crippen LogP contribution in [0.4, 0.5) is 19.0 Å². The van der Waals surface area contributed by atoms with Gasteiger partial charge in [0.1, 0.15) is 11.4 Å². The summed E-state index contributed by atoms with van der Waals surface area (Å²) in [7, 11) is -4.27. The third-order valence-electron chi connectivity index (χ3n) is 5.14. The van der Waals surface area contributed by atoms with Gasteiger partial charge in [0.2, 0.25) is 0 Å². The first-order valence-corrected chi connectivity index (χ1v) is 11.5. The number of imidazole rings is 1. The van der Waals surface area contributed by atoms with Gasteiger partial charge in [-0.2, -0.15) is 0 Å². The summed E-state index contributed by atoms with van der Waals surface area (Å²) in [6, 6.07) is 14.5. The van der Waals surface area contributed by atoms with Crippen molar-refractivity contribution in [1.29, 1.82) is 0 Å². The van der Waals surface area contributed by atoms with Crippen LogP contribution in [0.5, 0.6) is 5.75 Å². The lowest BCUT2D eigenvalue weighted by Crippen LogP contribution is -2.31. The molecule has 0 aliphatic rings. The standard InChI is InChI=1S/C23H18F3N3O5S/c1-15-21(27-20-4-2-3-13-28(15)20)29(14-16-5-9-18(10-6-16)34-23(24,25)26)35(32,33)19-11-7-17(8-12-19)22(30)31/h2-13H,14H2,1H3,(H,30,31)/p-1. The van der Waals surface area contributed by atoms with Crippen molar-refractivity contribution in [1.82, 2.24) is 9.38 Å². The minimum atomic E-state index is -4.86. The maximum Gasteiger partial charge on any atom is 0.573 e. The van der Waals surface area contributed by atoms with Gasteiger partial charge in [0, 0.05) is 6.20 Å². The predicted octanol–water partition coefficient (Wildman–Crippen LogP) is 3.30. The van der Waals surface area contributed by atoms with Crippen LogP contribution in [0.25, 0.3) is 5.65 Å². The number of carboxylic acids is 1. The number of sulfonamides is 1. The topological polar surface area (TPSA) is 104 Å². The molecule has 8 nitrogen and oxygen atoms in total. The molecule has 4 rings (SSSR count). The molecule has 0 unspecified atom stereocenters. The highest BCUT2D eigenvalue weighted by molar-refractivity contribution is 7.92. The first kappa shape index (κ1) is 24.1. The van der Waals surface area contributed by atoms with E-state index in [9.17, 15) is 31.5 Å². The number of pyridine rings is 1. The average molecular weight is 504 g/mol. The maximum atomic E-state index is 13.6. The molecular formula is C23H17F3N3O5S-. The zero-order valence-electron chi connectivity index (χ0n) is 18.1. The van der Waals surface area contributed by atoms with Crippen LogP contribution in [0.3, 0.4) is 0 Å². The van der Waals surface area contributed by atoms with Gasteiger partial charge in [-0.05, 0) is 54.4 Å². The molecule has 0 aliphatic heterocycles. The number of nitrogens with zero attached hydrogens (tertiary/aromatic N) is 3. The largest absolute Gasteiger partial charge is 0.573 e. The number of rotatable bonds is 7. The molecule has 2 aromatic heterocycles.